The lowest BCUT2D eigenvalue weighted by molar-refractivity contribution is -0.130. The molecule has 1 aromatic rings. The smallest absolute Gasteiger partial charge is 0.222 e. The van der Waals surface area contributed by atoms with Gasteiger partial charge in [-0.1, -0.05) is 6.07 Å². The summed E-state index contributed by atoms with van der Waals surface area (Å²) in [6, 6.07) is 7.77. The van der Waals surface area contributed by atoms with Crippen LogP contribution in [0.2, 0.25) is 0 Å². The molecular weight excluding hydrogens is 326 g/mol. The van der Waals surface area contributed by atoms with Crippen molar-refractivity contribution in [2.75, 3.05) is 44.7 Å². The monoisotopic (exact) mass is 353 g/mol. The Morgan fingerprint density at radius 3 is 2.88 bits per heavy atom. The first-order chi connectivity index (χ1) is 12.6. The lowest BCUT2D eigenvalue weighted by atomic mass is 9.86. The molecule has 3 aliphatic rings. The van der Waals surface area contributed by atoms with Crippen molar-refractivity contribution in [3.63, 3.8) is 0 Å². The summed E-state index contributed by atoms with van der Waals surface area (Å²) in [5.41, 5.74) is 0.471. The third-order valence-corrected chi connectivity index (χ3v) is 6.35. The van der Waals surface area contributed by atoms with Crippen LogP contribution in [-0.4, -0.2) is 66.0 Å². The minimum atomic E-state index is 0.0105. The van der Waals surface area contributed by atoms with Crippen LogP contribution in [-0.2, 0) is 4.79 Å². The number of likely N-dealkylation sites (tertiary alicyclic amines) is 1. The van der Waals surface area contributed by atoms with Gasteiger partial charge in [-0.25, -0.2) is 4.98 Å². The minimum Gasteiger partial charge on any atom is -0.353 e. The second-order valence-corrected chi connectivity index (χ2v) is 8.09. The normalized spacial score (nSPS) is 27.5. The number of hydrogen-bond donors (Lipinski definition) is 0. The number of rotatable bonds is 3. The van der Waals surface area contributed by atoms with E-state index < -0.39 is 0 Å². The summed E-state index contributed by atoms with van der Waals surface area (Å²) in [6.45, 7) is 4.54. The zero-order valence-electron chi connectivity index (χ0n) is 15.5. The lowest BCUT2D eigenvalue weighted by Crippen LogP contribution is -2.61. The van der Waals surface area contributed by atoms with Crippen LogP contribution in [0.1, 0.15) is 37.8 Å². The molecule has 2 saturated heterocycles. The molecule has 1 amide bonds. The molecule has 26 heavy (non-hydrogen) atoms. The zero-order valence-corrected chi connectivity index (χ0v) is 15.5. The third-order valence-electron chi connectivity index (χ3n) is 6.35. The van der Waals surface area contributed by atoms with E-state index in [2.05, 4.69) is 32.8 Å². The van der Waals surface area contributed by atoms with Gasteiger partial charge in [0.25, 0.3) is 0 Å². The van der Waals surface area contributed by atoms with E-state index in [4.69, 9.17) is 5.26 Å². The molecule has 1 aromatic heterocycles. The molecule has 0 N–H and O–H groups in total. The first-order valence-electron chi connectivity index (χ1n) is 9.71. The summed E-state index contributed by atoms with van der Waals surface area (Å²) in [5, 5.41) is 9.13. The van der Waals surface area contributed by atoms with Gasteiger partial charge in [0.05, 0.1) is 0 Å². The van der Waals surface area contributed by atoms with Crippen molar-refractivity contribution >= 4 is 11.7 Å². The fourth-order valence-electron chi connectivity index (χ4n) is 4.36. The quantitative estimate of drug-likeness (QED) is 0.830. The first-order valence-corrected chi connectivity index (χ1v) is 9.71. The Bertz CT molecular complexity index is 725. The van der Waals surface area contributed by atoms with Crippen molar-refractivity contribution in [1.29, 1.82) is 5.26 Å². The highest BCUT2D eigenvalue weighted by Gasteiger charge is 2.43. The van der Waals surface area contributed by atoms with Gasteiger partial charge in [-0.3, -0.25) is 9.69 Å². The van der Waals surface area contributed by atoms with Gasteiger partial charge in [0.15, 0.2) is 0 Å². The molecule has 6 heteroatoms. The Kier molecular flexibility index (Phi) is 4.58. The standard InChI is InChI=1S/C20H27N5O/c1-23-11-12-25(18-4-2-3-17(13-21)22-18)15-20(23)8-7-19(26)24(10-9-20)14-16-5-6-16/h2-4,16H,5-12,14-15H2,1H3. The van der Waals surface area contributed by atoms with Crippen molar-refractivity contribution in [2.24, 2.45) is 5.92 Å². The molecular formula is C20H27N5O. The van der Waals surface area contributed by atoms with Gasteiger partial charge < -0.3 is 9.80 Å². The maximum absolute atomic E-state index is 12.6. The molecule has 1 spiro atoms. The second kappa shape index (κ2) is 6.88. The molecule has 3 heterocycles. The molecule has 1 atom stereocenters. The number of aromatic nitrogens is 1. The number of nitrogens with zero attached hydrogens (tertiary/aromatic N) is 5. The highest BCUT2D eigenvalue weighted by Crippen LogP contribution is 2.35. The SMILES string of the molecule is CN1CCN(c2cccc(C#N)n2)CC12CCC(=O)N(CC1CC1)CC2. The fourth-order valence-corrected chi connectivity index (χ4v) is 4.36. The molecule has 2 aliphatic heterocycles. The number of carbonyl (C=O) groups excluding carboxylic acids is 1. The maximum Gasteiger partial charge on any atom is 0.222 e. The van der Waals surface area contributed by atoms with Gasteiger partial charge in [-0.15, -0.1) is 0 Å². The number of pyridine rings is 1. The maximum atomic E-state index is 12.6. The number of amides is 1. The van der Waals surface area contributed by atoms with Crippen LogP contribution in [0, 0.1) is 17.2 Å². The molecule has 0 aromatic carbocycles. The Labute approximate surface area is 155 Å². The fraction of sp³-hybridized carbons (Fsp3) is 0.650. The molecule has 0 radical (unpaired) electrons. The largest absolute Gasteiger partial charge is 0.353 e. The molecule has 0 bridgehead atoms. The van der Waals surface area contributed by atoms with Gasteiger partial charge in [-0.2, -0.15) is 5.26 Å². The van der Waals surface area contributed by atoms with Gasteiger partial charge in [0.1, 0.15) is 17.6 Å². The summed E-state index contributed by atoms with van der Waals surface area (Å²) < 4.78 is 0. The summed E-state index contributed by atoms with van der Waals surface area (Å²) in [4.78, 5) is 23.9. The van der Waals surface area contributed by atoms with Crippen molar-refractivity contribution in [2.45, 2.75) is 37.6 Å². The number of hydrogen-bond acceptors (Lipinski definition) is 5. The average molecular weight is 353 g/mol. The van der Waals surface area contributed by atoms with E-state index in [1.54, 1.807) is 6.07 Å². The van der Waals surface area contributed by atoms with Crippen molar-refractivity contribution in [1.82, 2.24) is 14.8 Å². The number of carbonyl (C=O) groups is 1. The van der Waals surface area contributed by atoms with E-state index in [-0.39, 0.29) is 5.54 Å². The van der Waals surface area contributed by atoms with Gasteiger partial charge >= 0.3 is 0 Å². The lowest BCUT2D eigenvalue weighted by Gasteiger charge is -2.49. The number of nitriles is 1. The first kappa shape index (κ1) is 17.3. The van der Waals surface area contributed by atoms with E-state index in [9.17, 15) is 4.79 Å². The van der Waals surface area contributed by atoms with Crippen LogP contribution >= 0.6 is 0 Å². The Morgan fingerprint density at radius 2 is 2.12 bits per heavy atom. The van der Waals surface area contributed by atoms with E-state index in [1.807, 2.05) is 12.1 Å². The van der Waals surface area contributed by atoms with Crippen LogP contribution in [0.15, 0.2) is 18.2 Å². The molecule has 1 saturated carbocycles. The highest BCUT2D eigenvalue weighted by molar-refractivity contribution is 5.76. The Balaban J connectivity index is 1.52. The molecule has 138 valence electrons. The Hall–Kier alpha value is -2.13. The highest BCUT2D eigenvalue weighted by atomic mass is 16.2. The van der Waals surface area contributed by atoms with Crippen LogP contribution < -0.4 is 4.90 Å². The molecule has 1 unspecified atom stereocenters. The summed E-state index contributed by atoms with van der Waals surface area (Å²) in [5.74, 6) is 1.94. The van der Waals surface area contributed by atoms with Gasteiger partial charge in [0.2, 0.25) is 5.91 Å². The third kappa shape index (κ3) is 3.41. The van der Waals surface area contributed by atoms with Crippen LogP contribution in [0.5, 0.6) is 0 Å². The summed E-state index contributed by atoms with van der Waals surface area (Å²) in [7, 11) is 2.19. The summed E-state index contributed by atoms with van der Waals surface area (Å²) in [6.07, 6.45) is 5.11. The van der Waals surface area contributed by atoms with E-state index in [0.717, 1.165) is 57.3 Å². The van der Waals surface area contributed by atoms with Crippen molar-refractivity contribution in [3.8, 4) is 6.07 Å². The predicted molar refractivity (Wildman–Crippen MR) is 99.7 cm³/mol. The van der Waals surface area contributed by atoms with Crippen LogP contribution in [0.4, 0.5) is 5.82 Å². The van der Waals surface area contributed by atoms with Crippen molar-refractivity contribution in [3.05, 3.63) is 23.9 Å². The topological polar surface area (TPSA) is 63.5 Å². The van der Waals surface area contributed by atoms with Gasteiger partial charge in [0, 0.05) is 44.7 Å². The summed E-state index contributed by atoms with van der Waals surface area (Å²) >= 11 is 0. The predicted octanol–water partition coefficient (Wildman–Crippen LogP) is 1.87. The zero-order chi connectivity index (χ0) is 18.1. The average Bonchev–Trinajstić information content (AvgIpc) is 3.50. The van der Waals surface area contributed by atoms with Gasteiger partial charge in [-0.05, 0) is 50.8 Å². The second-order valence-electron chi connectivity index (χ2n) is 8.09. The van der Waals surface area contributed by atoms with Crippen LogP contribution in [0.25, 0.3) is 0 Å². The molecule has 1 aliphatic carbocycles. The molecule has 4 rings (SSSR count). The number of likely N-dealkylation sites (N-methyl/N-ethyl adjacent to an activating group) is 1. The number of piperazine rings is 1. The molecule has 3 fully saturated rings. The van der Waals surface area contributed by atoms with E-state index in [1.165, 1.54) is 12.8 Å². The van der Waals surface area contributed by atoms with Crippen LogP contribution in [0.3, 0.4) is 0 Å². The molecule has 6 nitrogen and oxygen atoms in total. The Morgan fingerprint density at radius 1 is 1.27 bits per heavy atom. The van der Waals surface area contributed by atoms with Crippen molar-refractivity contribution < 1.29 is 4.79 Å². The van der Waals surface area contributed by atoms with E-state index >= 15 is 0 Å². The minimum absolute atomic E-state index is 0.0105. The number of anilines is 1. The van der Waals surface area contributed by atoms with E-state index in [0.29, 0.717) is 18.0 Å².